The second-order valence-corrected chi connectivity index (χ2v) is 6.16. The van der Waals surface area contributed by atoms with Crippen LogP contribution < -0.4 is 0 Å². The maximum atomic E-state index is 11.4. The third-order valence-electron chi connectivity index (χ3n) is 4.12. The predicted molar refractivity (Wildman–Crippen MR) is 69.0 cm³/mol. The average Bonchev–Trinajstić information content (AvgIpc) is 2.21. The van der Waals surface area contributed by atoms with Gasteiger partial charge in [0, 0.05) is 6.42 Å². The number of ether oxygens (including phenoxy) is 1. The molecule has 1 saturated heterocycles. The summed E-state index contributed by atoms with van der Waals surface area (Å²) in [6.45, 7) is 8.79. The monoisotopic (exact) mass is 258 g/mol. The van der Waals surface area contributed by atoms with Crippen LogP contribution in [0.5, 0.6) is 0 Å². The molecule has 4 heteroatoms. The molecule has 4 atom stereocenters. The Hall–Kier alpha value is -0.450. The number of hydrogen-bond donors (Lipinski definition) is 2. The number of hydrogen-bond acceptors (Lipinski definition) is 4. The summed E-state index contributed by atoms with van der Waals surface area (Å²) in [6.07, 6.45) is 1.93. The highest BCUT2D eigenvalue weighted by Crippen LogP contribution is 2.40. The Balaban J connectivity index is 2.78. The quantitative estimate of drug-likeness (QED) is 0.808. The molecule has 1 rings (SSSR count). The molecule has 0 spiro atoms. The Bertz CT molecular complexity index is 311. The van der Waals surface area contributed by atoms with Crippen molar-refractivity contribution in [3.63, 3.8) is 0 Å². The van der Waals surface area contributed by atoms with Crippen LogP contribution in [0.15, 0.2) is 0 Å². The Morgan fingerprint density at radius 1 is 1.56 bits per heavy atom. The first-order valence-corrected chi connectivity index (χ1v) is 6.73. The van der Waals surface area contributed by atoms with E-state index in [0.717, 1.165) is 12.8 Å². The van der Waals surface area contributed by atoms with Gasteiger partial charge in [0.25, 0.3) is 0 Å². The van der Waals surface area contributed by atoms with Crippen molar-refractivity contribution in [1.82, 2.24) is 0 Å². The number of rotatable bonds is 4. The third kappa shape index (κ3) is 2.92. The van der Waals surface area contributed by atoms with E-state index in [1.807, 2.05) is 6.92 Å². The molecule has 18 heavy (non-hydrogen) atoms. The van der Waals surface area contributed by atoms with E-state index in [1.165, 1.54) is 13.8 Å². The molecular formula is C14H26O4. The standard InChI is InChI=1S/C14H26O4/c1-9(2)8-12-6-7-14(17,18-10(12)3)13(5,16)11(4)15/h9-10,12,16-17H,6-8H2,1-5H3. The topological polar surface area (TPSA) is 66.8 Å². The first kappa shape index (κ1) is 15.6. The number of carbonyl (C=O) groups is 1. The van der Waals surface area contributed by atoms with Gasteiger partial charge in [0.15, 0.2) is 11.4 Å². The van der Waals surface area contributed by atoms with Crippen LogP contribution in [-0.2, 0) is 9.53 Å². The van der Waals surface area contributed by atoms with Gasteiger partial charge in [-0.05, 0) is 45.4 Å². The fraction of sp³-hybridized carbons (Fsp3) is 0.929. The lowest BCUT2D eigenvalue weighted by atomic mass is 9.79. The first-order valence-electron chi connectivity index (χ1n) is 6.73. The van der Waals surface area contributed by atoms with E-state index in [2.05, 4.69) is 13.8 Å². The number of carbonyl (C=O) groups excluding carboxylic acids is 1. The molecule has 0 amide bonds. The molecule has 0 radical (unpaired) electrons. The van der Waals surface area contributed by atoms with E-state index in [-0.39, 0.29) is 6.10 Å². The van der Waals surface area contributed by atoms with E-state index >= 15 is 0 Å². The van der Waals surface area contributed by atoms with Gasteiger partial charge in [0.05, 0.1) is 6.10 Å². The largest absolute Gasteiger partial charge is 0.377 e. The summed E-state index contributed by atoms with van der Waals surface area (Å²) in [5, 5.41) is 20.5. The van der Waals surface area contributed by atoms with Crippen LogP contribution in [0.25, 0.3) is 0 Å². The molecule has 1 fully saturated rings. The van der Waals surface area contributed by atoms with Crippen molar-refractivity contribution in [3.05, 3.63) is 0 Å². The molecule has 0 saturated carbocycles. The molecule has 0 aromatic rings. The molecule has 0 aromatic heterocycles. The lowest BCUT2D eigenvalue weighted by Gasteiger charge is -2.46. The van der Waals surface area contributed by atoms with Crippen molar-refractivity contribution < 1.29 is 19.7 Å². The lowest BCUT2D eigenvalue weighted by Crippen LogP contribution is -2.61. The summed E-state index contributed by atoms with van der Waals surface area (Å²) in [5.41, 5.74) is -1.84. The molecule has 2 N–H and O–H groups in total. The molecular weight excluding hydrogens is 232 g/mol. The number of Topliss-reactive ketones (excluding diaryl/α,β-unsaturated/α-hetero) is 1. The average molecular weight is 258 g/mol. The van der Waals surface area contributed by atoms with Crippen LogP contribution in [0.4, 0.5) is 0 Å². The molecule has 1 heterocycles. The highest BCUT2D eigenvalue weighted by atomic mass is 16.6. The van der Waals surface area contributed by atoms with Crippen LogP contribution in [0.1, 0.15) is 53.9 Å². The maximum Gasteiger partial charge on any atom is 0.202 e. The molecule has 4 unspecified atom stereocenters. The van der Waals surface area contributed by atoms with E-state index in [9.17, 15) is 15.0 Å². The van der Waals surface area contributed by atoms with Crippen molar-refractivity contribution in [2.45, 2.75) is 71.4 Å². The Kier molecular flexibility index (Phi) is 4.57. The maximum absolute atomic E-state index is 11.4. The second-order valence-electron chi connectivity index (χ2n) is 6.16. The Morgan fingerprint density at radius 3 is 2.50 bits per heavy atom. The summed E-state index contributed by atoms with van der Waals surface area (Å²) in [7, 11) is 0. The van der Waals surface area contributed by atoms with Crippen molar-refractivity contribution in [3.8, 4) is 0 Å². The minimum Gasteiger partial charge on any atom is -0.377 e. The zero-order valence-corrected chi connectivity index (χ0v) is 12.1. The smallest absolute Gasteiger partial charge is 0.202 e. The van der Waals surface area contributed by atoms with Crippen molar-refractivity contribution in [2.24, 2.45) is 11.8 Å². The van der Waals surface area contributed by atoms with E-state index < -0.39 is 17.2 Å². The number of aliphatic hydroxyl groups is 2. The lowest BCUT2D eigenvalue weighted by molar-refractivity contribution is -0.324. The van der Waals surface area contributed by atoms with Gasteiger partial charge in [-0.25, -0.2) is 0 Å². The zero-order chi connectivity index (χ0) is 14.1. The van der Waals surface area contributed by atoms with Gasteiger partial charge >= 0.3 is 0 Å². The molecule has 1 aliphatic heterocycles. The molecule has 0 aliphatic carbocycles. The third-order valence-corrected chi connectivity index (χ3v) is 4.12. The highest BCUT2D eigenvalue weighted by molar-refractivity contribution is 5.85. The minimum atomic E-state index is -1.84. The molecule has 4 nitrogen and oxygen atoms in total. The summed E-state index contributed by atoms with van der Waals surface area (Å²) in [4.78, 5) is 11.4. The summed E-state index contributed by atoms with van der Waals surface area (Å²) in [6, 6.07) is 0. The van der Waals surface area contributed by atoms with Gasteiger partial charge in [-0.3, -0.25) is 4.79 Å². The van der Waals surface area contributed by atoms with Crippen LogP contribution in [0.3, 0.4) is 0 Å². The van der Waals surface area contributed by atoms with E-state index in [4.69, 9.17) is 4.74 Å². The molecule has 0 bridgehead atoms. The fourth-order valence-electron chi connectivity index (χ4n) is 2.63. The van der Waals surface area contributed by atoms with Gasteiger partial charge < -0.3 is 14.9 Å². The van der Waals surface area contributed by atoms with Crippen molar-refractivity contribution in [1.29, 1.82) is 0 Å². The SMILES string of the molecule is CC(=O)C(C)(O)C1(O)CCC(CC(C)C)C(C)O1. The predicted octanol–water partition coefficient (Wildman–Crippen LogP) is 1.88. The van der Waals surface area contributed by atoms with Gasteiger partial charge in [-0.1, -0.05) is 13.8 Å². The van der Waals surface area contributed by atoms with Gasteiger partial charge in [-0.15, -0.1) is 0 Å². The van der Waals surface area contributed by atoms with E-state index in [0.29, 0.717) is 18.3 Å². The van der Waals surface area contributed by atoms with Gasteiger partial charge in [0.1, 0.15) is 0 Å². The van der Waals surface area contributed by atoms with Gasteiger partial charge in [-0.2, -0.15) is 0 Å². The van der Waals surface area contributed by atoms with Crippen LogP contribution in [0.2, 0.25) is 0 Å². The van der Waals surface area contributed by atoms with Crippen LogP contribution >= 0.6 is 0 Å². The molecule has 0 aromatic carbocycles. The summed E-state index contributed by atoms with van der Waals surface area (Å²) in [5.74, 6) is -1.29. The zero-order valence-electron chi connectivity index (χ0n) is 12.1. The van der Waals surface area contributed by atoms with Crippen LogP contribution in [0, 0.1) is 11.8 Å². The highest BCUT2D eigenvalue weighted by Gasteiger charge is 2.54. The van der Waals surface area contributed by atoms with Gasteiger partial charge in [0.2, 0.25) is 5.79 Å². The van der Waals surface area contributed by atoms with Crippen LogP contribution in [-0.4, -0.2) is 33.5 Å². The molecule has 1 aliphatic rings. The van der Waals surface area contributed by atoms with Crippen molar-refractivity contribution >= 4 is 5.78 Å². The van der Waals surface area contributed by atoms with E-state index in [1.54, 1.807) is 0 Å². The molecule has 106 valence electrons. The minimum absolute atomic E-state index is 0.156. The second kappa shape index (κ2) is 5.27. The first-order chi connectivity index (χ1) is 8.10. The fourth-order valence-corrected chi connectivity index (χ4v) is 2.63. The number of ketones is 1. The summed E-state index contributed by atoms with van der Waals surface area (Å²) < 4.78 is 5.60. The summed E-state index contributed by atoms with van der Waals surface area (Å²) >= 11 is 0. The Morgan fingerprint density at radius 2 is 2.11 bits per heavy atom. The Labute approximate surface area is 109 Å². The van der Waals surface area contributed by atoms with Crippen molar-refractivity contribution in [2.75, 3.05) is 0 Å². The normalized spacial score (nSPS) is 36.4.